The van der Waals surface area contributed by atoms with Gasteiger partial charge >= 0.3 is 11.1 Å². The van der Waals surface area contributed by atoms with Crippen molar-refractivity contribution in [3.8, 4) is 0 Å². The summed E-state index contributed by atoms with van der Waals surface area (Å²) < 4.78 is 49.4. The number of hydrogen-bond acceptors (Lipinski definition) is 19. The number of nitrogens with zero attached hydrogens (tertiary/aromatic N) is 1. The number of sulfonamides is 1. The largest absolute Gasteiger partial charge is 0.394 e. The van der Waals surface area contributed by atoms with Crippen molar-refractivity contribution in [2.45, 2.75) is 103 Å². The Labute approximate surface area is 341 Å². The van der Waals surface area contributed by atoms with Gasteiger partial charge in [-0.15, -0.1) is 0 Å². The van der Waals surface area contributed by atoms with Crippen molar-refractivity contribution in [1.29, 1.82) is 0 Å². The van der Waals surface area contributed by atoms with Gasteiger partial charge in [0.15, 0.2) is 12.6 Å². The quantitative estimate of drug-likeness (QED) is 0.0700. The number of hydrogen-bond donors (Lipinski definition) is 13. The molecule has 15 atom stereocenters. The van der Waals surface area contributed by atoms with E-state index in [4.69, 9.17) is 41.9 Å². The Balaban J connectivity index is 0.000000205. The van der Waals surface area contributed by atoms with Crippen molar-refractivity contribution in [3.63, 3.8) is 0 Å². The predicted octanol–water partition coefficient (Wildman–Crippen LogP) is -5.10. The molecule has 1 saturated carbocycles. The van der Waals surface area contributed by atoms with E-state index in [0.717, 1.165) is 10.8 Å². The number of anilines is 1. The van der Waals surface area contributed by atoms with Crippen LogP contribution in [0.2, 0.25) is 0 Å². The van der Waals surface area contributed by atoms with E-state index in [1.165, 1.54) is 29.6 Å². The molecule has 1 aromatic heterocycles. The SMILES string of the molecule is CN(c1ccc2ccccc2c1)S(=O)(=O)c1ccc2[nH]c(=O)c(=O)[nH]c2c1.NC[C@H]1O[C@H](O[C@H]2[C@H](O)[C@@H](O[C@H]3O[C@H](CO)[C@@H](O)[C@H](N)[C@H]3O)[C@H](N)C[C@@H]2N)[C@H](O)[C@@H](O)[C@@H]1O. The molecular weight excluding hydrogens is 815 g/mol. The van der Waals surface area contributed by atoms with Crippen molar-refractivity contribution < 1.29 is 63.1 Å². The van der Waals surface area contributed by atoms with Crippen molar-refractivity contribution in [2.75, 3.05) is 24.5 Å². The van der Waals surface area contributed by atoms with Crippen molar-refractivity contribution in [3.05, 3.63) is 81.4 Å². The first-order chi connectivity index (χ1) is 28.4. The van der Waals surface area contributed by atoms with E-state index in [9.17, 15) is 53.8 Å². The maximum atomic E-state index is 13.0. The first-order valence-corrected chi connectivity index (χ1v) is 20.3. The molecule has 0 radical (unpaired) electrons. The summed E-state index contributed by atoms with van der Waals surface area (Å²) in [5, 5.41) is 72.8. The zero-order valence-corrected chi connectivity index (χ0v) is 32.9. The van der Waals surface area contributed by atoms with Crippen LogP contribution in [-0.2, 0) is 29.0 Å². The zero-order valence-electron chi connectivity index (χ0n) is 32.1. The van der Waals surface area contributed by atoms with E-state index in [0.29, 0.717) is 11.2 Å². The molecule has 60 heavy (non-hydrogen) atoms. The minimum absolute atomic E-state index is 0.00774. The van der Waals surface area contributed by atoms with E-state index in [-0.39, 0.29) is 23.4 Å². The number of aliphatic hydroxyl groups excluding tert-OH is 7. The van der Waals surface area contributed by atoms with Gasteiger partial charge in [0, 0.05) is 25.7 Å². The molecule has 0 amide bonds. The summed E-state index contributed by atoms with van der Waals surface area (Å²) in [6.07, 6.45) is -16.5. The van der Waals surface area contributed by atoms with E-state index in [1.807, 2.05) is 30.3 Å². The van der Waals surface area contributed by atoms with Crippen LogP contribution in [0.3, 0.4) is 0 Å². The summed E-state index contributed by atoms with van der Waals surface area (Å²) in [6, 6.07) is 14.4. The summed E-state index contributed by atoms with van der Waals surface area (Å²) in [5.74, 6) is 0. The summed E-state index contributed by atoms with van der Waals surface area (Å²) in [7, 11) is -2.38. The monoisotopic (exact) mass is 865 g/mol. The lowest BCUT2D eigenvalue weighted by Crippen LogP contribution is -2.68. The molecule has 17 N–H and O–H groups in total. The minimum Gasteiger partial charge on any atom is -0.394 e. The molecule has 3 aliphatic rings. The lowest BCUT2D eigenvalue weighted by molar-refractivity contribution is -0.332. The highest BCUT2D eigenvalue weighted by atomic mass is 32.2. The molecule has 22 nitrogen and oxygen atoms in total. The van der Waals surface area contributed by atoms with Gasteiger partial charge in [-0.25, -0.2) is 8.42 Å². The minimum atomic E-state index is -3.86. The van der Waals surface area contributed by atoms with Gasteiger partial charge < -0.3 is 87.6 Å². The van der Waals surface area contributed by atoms with Gasteiger partial charge in [0.25, 0.3) is 10.0 Å². The van der Waals surface area contributed by atoms with Crippen LogP contribution < -0.4 is 38.4 Å². The fourth-order valence-electron chi connectivity index (χ4n) is 7.32. The number of aliphatic hydroxyl groups is 7. The van der Waals surface area contributed by atoms with Crippen molar-refractivity contribution in [2.24, 2.45) is 22.9 Å². The van der Waals surface area contributed by atoms with Crippen LogP contribution in [-0.4, -0.2) is 166 Å². The number of ether oxygens (including phenoxy) is 4. The number of nitrogens with one attached hydrogen (secondary N) is 2. The highest BCUT2D eigenvalue weighted by molar-refractivity contribution is 7.92. The molecule has 0 spiro atoms. The fraction of sp³-hybridized carbons (Fsp3) is 0.514. The van der Waals surface area contributed by atoms with Crippen LogP contribution >= 0.6 is 0 Å². The molecule has 0 unspecified atom stereocenters. The topological polar surface area (TPSA) is 386 Å². The number of aromatic nitrogens is 2. The third-order valence-corrected chi connectivity index (χ3v) is 12.7. The molecule has 4 aromatic rings. The third-order valence-electron chi connectivity index (χ3n) is 10.9. The van der Waals surface area contributed by atoms with Crippen LogP contribution in [0.5, 0.6) is 0 Å². The predicted molar refractivity (Wildman–Crippen MR) is 213 cm³/mol. The lowest BCUT2D eigenvalue weighted by atomic mass is 9.84. The molecule has 1 aliphatic carbocycles. The molecule has 2 saturated heterocycles. The van der Waals surface area contributed by atoms with E-state index < -0.39 is 119 Å². The summed E-state index contributed by atoms with van der Waals surface area (Å²) in [5.41, 5.74) is 23.0. The number of rotatable bonds is 9. The Hall–Kier alpha value is -3.99. The molecule has 3 aromatic carbocycles. The number of H-pyrrole nitrogens is 2. The van der Waals surface area contributed by atoms with Gasteiger partial charge in [-0.1, -0.05) is 30.3 Å². The Morgan fingerprint density at radius 1 is 0.717 bits per heavy atom. The van der Waals surface area contributed by atoms with Crippen LogP contribution in [0.15, 0.2) is 75.1 Å². The van der Waals surface area contributed by atoms with Crippen LogP contribution in [0.1, 0.15) is 6.42 Å². The second-order valence-electron chi connectivity index (χ2n) is 14.9. The maximum Gasteiger partial charge on any atom is 0.314 e. The molecule has 3 heterocycles. The van der Waals surface area contributed by atoms with Gasteiger partial charge in [-0.2, -0.15) is 0 Å². The van der Waals surface area contributed by atoms with Gasteiger partial charge in [0.1, 0.15) is 61.0 Å². The van der Waals surface area contributed by atoms with Crippen molar-refractivity contribution >= 4 is 37.5 Å². The Morgan fingerprint density at radius 3 is 1.92 bits per heavy atom. The summed E-state index contributed by atoms with van der Waals surface area (Å²) >= 11 is 0. The first-order valence-electron chi connectivity index (χ1n) is 18.9. The Morgan fingerprint density at radius 2 is 1.30 bits per heavy atom. The highest BCUT2D eigenvalue weighted by Gasteiger charge is 2.51. The van der Waals surface area contributed by atoms with Crippen molar-refractivity contribution in [1.82, 2.24) is 9.97 Å². The fourth-order valence-corrected chi connectivity index (χ4v) is 8.54. The second kappa shape index (κ2) is 18.5. The summed E-state index contributed by atoms with van der Waals surface area (Å²) in [4.78, 5) is 27.7. The highest BCUT2D eigenvalue weighted by Crippen LogP contribution is 2.32. The zero-order chi connectivity index (χ0) is 43.8. The van der Waals surface area contributed by atoms with Crippen LogP contribution in [0.25, 0.3) is 21.8 Å². The molecule has 0 bridgehead atoms. The van der Waals surface area contributed by atoms with Gasteiger partial charge in [-0.3, -0.25) is 13.9 Å². The number of nitrogens with two attached hydrogens (primary N) is 4. The van der Waals surface area contributed by atoms with Crippen LogP contribution in [0.4, 0.5) is 5.69 Å². The molecule has 3 fully saturated rings. The number of benzene rings is 3. The average Bonchev–Trinajstić information content (AvgIpc) is 3.23. The molecular formula is C37H51N7O15S. The third kappa shape index (κ3) is 9.12. The van der Waals surface area contributed by atoms with Gasteiger partial charge in [-0.05, 0) is 47.5 Å². The Kier molecular flexibility index (Phi) is 14.1. The summed E-state index contributed by atoms with van der Waals surface area (Å²) in [6.45, 7) is -0.763. The Bertz CT molecular complexity index is 2280. The number of fused-ring (bicyclic) bond motifs is 2. The average molecular weight is 866 g/mol. The van der Waals surface area contributed by atoms with Gasteiger partial charge in [0.2, 0.25) is 0 Å². The normalized spacial score (nSPS) is 34.8. The van der Waals surface area contributed by atoms with E-state index in [2.05, 4.69) is 9.97 Å². The molecule has 330 valence electrons. The first kappa shape index (κ1) is 45.5. The molecule has 7 rings (SSSR count). The lowest BCUT2D eigenvalue weighted by Gasteiger charge is -2.48. The maximum absolute atomic E-state index is 13.0. The second-order valence-corrected chi connectivity index (χ2v) is 16.9. The van der Waals surface area contributed by atoms with Gasteiger partial charge in [0.05, 0.1) is 34.3 Å². The van der Waals surface area contributed by atoms with Crippen LogP contribution in [0, 0.1) is 0 Å². The molecule has 2 aliphatic heterocycles. The van der Waals surface area contributed by atoms with E-state index >= 15 is 0 Å². The standard InChI is InChI=1S/C19H15N3O4S.C18H36N4O11/c1-22(14-7-6-12-4-2-3-5-13(12)10-14)27(25,26)15-8-9-16-17(11-15)21-19(24)18(23)20-16;19-2-6-10(25)12(27)13(28)18(30-6)33-16-5(21)1-4(20)15(14(16)29)32-17-11(26)8(22)9(24)7(3-23)31-17/h2-11H,1H3,(H,20,23)(H,21,24);4-18,23-29H,1-3,19-22H2/t;4-,5+,6-,7-,8+,9-,10-,11-,12+,13-,14-,15+,16-,17-,18-/m.1/s1. The van der Waals surface area contributed by atoms with E-state index in [1.54, 1.807) is 12.1 Å². The molecule has 23 heteroatoms. The smallest absolute Gasteiger partial charge is 0.314 e. The number of aromatic amines is 2.